The molecule has 7 nitrogen and oxygen atoms in total. The Kier molecular flexibility index (Phi) is 4.29. The number of carboxylic acids is 1. The van der Waals surface area contributed by atoms with Gasteiger partial charge in [0.05, 0.1) is 4.90 Å². The maximum atomic E-state index is 12.3. The Morgan fingerprint density at radius 3 is 2.43 bits per heavy atom. The Labute approximate surface area is 122 Å². The highest BCUT2D eigenvalue weighted by Gasteiger charge is 2.34. The number of nitrogens with one attached hydrogen (secondary N) is 1. The van der Waals surface area contributed by atoms with Crippen LogP contribution in [0, 0.1) is 0 Å². The summed E-state index contributed by atoms with van der Waals surface area (Å²) in [5, 5.41) is 9.08. The number of aliphatic carboxylic acids is 1. The minimum atomic E-state index is -3.55. The Morgan fingerprint density at radius 1 is 1.29 bits per heavy atom. The Balaban J connectivity index is 2.23. The van der Waals surface area contributed by atoms with Gasteiger partial charge in [-0.2, -0.15) is 0 Å². The van der Waals surface area contributed by atoms with E-state index in [0.29, 0.717) is 19.4 Å². The average molecular weight is 312 g/mol. The predicted molar refractivity (Wildman–Crippen MR) is 74.4 cm³/mol. The number of carbonyl (C=O) groups excluding carboxylic acids is 1. The largest absolute Gasteiger partial charge is 0.480 e. The highest BCUT2D eigenvalue weighted by Crippen LogP contribution is 2.21. The quantitative estimate of drug-likeness (QED) is 0.831. The molecule has 0 saturated carbocycles. The molecule has 1 amide bonds. The summed E-state index contributed by atoms with van der Waals surface area (Å²) in [4.78, 5) is 24.7. The lowest BCUT2D eigenvalue weighted by Crippen LogP contribution is -2.40. The lowest BCUT2D eigenvalue weighted by molar-refractivity contribution is -0.141. The van der Waals surface area contributed by atoms with Crippen molar-refractivity contribution in [1.29, 1.82) is 0 Å². The highest BCUT2D eigenvalue weighted by atomic mass is 32.2. The summed E-state index contributed by atoms with van der Waals surface area (Å²) in [5.74, 6) is -1.41. The van der Waals surface area contributed by atoms with Crippen LogP contribution in [0.1, 0.15) is 23.2 Å². The van der Waals surface area contributed by atoms with E-state index in [9.17, 15) is 18.0 Å². The van der Waals surface area contributed by atoms with E-state index in [1.165, 1.54) is 36.2 Å². The van der Waals surface area contributed by atoms with Crippen molar-refractivity contribution in [2.24, 2.45) is 0 Å². The van der Waals surface area contributed by atoms with Crippen LogP contribution in [0.4, 0.5) is 0 Å². The number of amides is 1. The molecule has 1 heterocycles. The zero-order valence-electron chi connectivity index (χ0n) is 11.4. The van der Waals surface area contributed by atoms with E-state index in [1.807, 2.05) is 0 Å². The molecule has 0 unspecified atom stereocenters. The third-order valence-corrected chi connectivity index (χ3v) is 4.91. The van der Waals surface area contributed by atoms with Crippen LogP contribution in [0.15, 0.2) is 29.2 Å². The topological polar surface area (TPSA) is 104 Å². The Hall–Kier alpha value is -1.93. The summed E-state index contributed by atoms with van der Waals surface area (Å²) in [5.41, 5.74) is 0.276. The number of carboxylic acid groups (broad SMARTS) is 1. The van der Waals surface area contributed by atoms with Gasteiger partial charge in [-0.1, -0.05) is 0 Å². The molecule has 0 bridgehead atoms. The summed E-state index contributed by atoms with van der Waals surface area (Å²) in [7, 11) is -2.25. The van der Waals surface area contributed by atoms with E-state index in [1.54, 1.807) is 0 Å². The zero-order chi connectivity index (χ0) is 15.6. The zero-order valence-corrected chi connectivity index (χ0v) is 12.3. The van der Waals surface area contributed by atoms with Crippen LogP contribution in [0.25, 0.3) is 0 Å². The van der Waals surface area contributed by atoms with Crippen LogP contribution in [-0.2, 0) is 14.8 Å². The van der Waals surface area contributed by atoms with Crippen molar-refractivity contribution in [2.45, 2.75) is 23.8 Å². The van der Waals surface area contributed by atoms with E-state index < -0.39 is 27.9 Å². The molecule has 8 heteroatoms. The molecule has 1 saturated heterocycles. The van der Waals surface area contributed by atoms with Gasteiger partial charge < -0.3 is 10.0 Å². The lowest BCUT2D eigenvalue weighted by atomic mass is 10.1. The van der Waals surface area contributed by atoms with E-state index in [4.69, 9.17) is 5.11 Å². The molecule has 21 heavy (non-hydrogen) atoms. The van der Waals surface area contributed by atoms with Crippen molar-refractivity contribution in [3.8, 4) is 0 Å². The van der Waals surface area contributed by atoms with Gasteiger partial charge >= 0.3 is 5.97 Å². The van der Waals surface area contributed by atoms with Crippen molar-refractivity contribution >= 4 is 21.9 Å². The van der Waals surface area contributed by atoms with Gasteiger partial charge in [-0.3, -0.25) is 4.79 Å². The molecule has 1 fully saturated rings. The molecular weight excluding hydrogens is 296 g/mol. The van der Waals surface area contributed by atoms with E-state index >= 15 is 0 Å². The standard InChI is InChI=1S/C13H16N2O5S/c1-14-21(19,20)10-6-4-9(5-7-10)12(16)15-8-2-3-11(15)13(17)18/h4-7,11,14H,2-3,8H2,1H3,(H,17,18)/t11-/m1/s1. The molecule has 0 spiro atoms. The number of hydrogen-bond acceptors (Lipinski definition) is 4. The van der Waals surface area contributed by atoms with Gasteiger partial charge in [-0.15, -0.1) is 0 Å². The first kappa shape index (κ1) is 15.5. The summed E-state index contributed by atoms with van der Waals surface area (Å²) < 4.78 is 25.4. The van der Waals surface area contributed by atoms with Gasteiger partial charge in [0, 0.05) is 12.1 Å². The fourth-order valence-electron chi connectivity index (χ4n) is 2.33. The third-order valence-electron chi connectivity index (χ3n) is 3.48. The van der Waals surface area contributed by atoms with Crippen LogP contribution < -0.4 is 4.72 Å². The second kappa shape index (κ2) is 5.82. The van der Waals surface area contributed by atoms with E-state index in [-0.39, 0.29) is 10.5 Å². The minimum absolute atomic E-state index is 0.0535. The van der Waals surface area contributed by atoms with Crippen LogP contribution in [0.2, 0.25) is 0 Å². The first-order chi connectivity index (χ1) is 9.86. The highest BCUT2D eigenvalue weighted by molar-refractivity contribution is 7.89. The van der Waals surface area contributed by atoms with Gasteiger partial charge in [0.15, 0.2) is 0 Å². The molecule has 1 atom stereocenters. The molecule has 0 radical (unpaired) electrons. The second-order valence-electron chi connectivity index (χ2n) is 4.73. The van der Waals surface area contributed by atoms with Gasteiger partial charge in [-0.05, 0) is 44.2 Å². The number of rotatable bonds is 4. The molecule has 0 aliphatic carbocycles. The van der Waals surface area contributed by atoms with Gasteiger partial charge in [0.1, 0.15) is 6.04 Å². The Bertz CT molecular complexity index is 654. The first-order valence-corrected chi connectivity index (χ1v) is 7.92. The normalized spacial score (nSPS) is 18.7. The predicted octanol–water partition coefficient (Wildman–Crippen LogP) is 0.284. The SMILES string of the molecule is CNS(=O)(=O)c1ccc(C(=O)N2CCC[C@@H]2C(=O)O)cc1. The molecule has 1 aromatic carbocycles. The van der Waals surface area contributed by atoms with Gasteiger partial charge in [0.25, 0.3) is 5.91 Å². The second-order valence-corrected chi connectivity index (χ2v) is 6.61. The molecule has 114 valence electrons. The number of benzene rings is 1. The number of hydrogen-bond donors (Lipinski definition) is 2. The van der Waals surface area contributed by atoms with Crippen LogP contribution >= 0.6 is 0 Å². The molecule has 1 aromatic rings. The molecule has 1 aliphatic heterocycles. The van der Waals surface area contributed by atoms with Crippen molar-refractivity contribution < 1.29 is 23.1 Å². The maximum absolute atomic E-state index is 12.3. The fourth-order valence-corrected chi connectivity index (χ4v) is 3.06. The number of nitrogens with zero attached hydrogens (tertiary/aromatic N) is 1. The maximum Gasteiger partial charge on any atom is 0.326 e. The van der Waals surface area contributed by atoms with Crippen LogP contribution in [-0.4, -0.2) is 49.9 Å². The minimum Gasteiger partial charge on any atom is -0.480 e. The molecule has 1 aliphatic rings. The van der Waals surface area contributed by atoms with Crippen molar-refractivity contribution in [2.75, 3.05) is 13.6 Å². The number of sulfonamides is 1. The lowest BCUT2D eigenvalue weighted by Gasteiger charge is -2.21. The monoisotopic (exact) mass is 312 g/mol. The van der Waals surface area contributed by atoms with Gasteiger partial charge in [-0.25, -0.2) is 17.9 Å². The van der Waals surface area contributed by atoms with E-state index in [0.717, 1.165) is 0 Å². The summed E-state index contributed by atoms with van der Waals surface area (Å²) >= 11 is 0. The fraction of sp³-hybridized carbons (Fsp3) is 0.385. The Morgan fingerprint density at radius 2 is 1.90 bits per heavy atom. The van der Waals surface area contributed by atoms with Crippen LogP contribution in [0.5, 0.6) is 0 Å². The third kappa shape index (κ3) is 3.06. The molecule has 2 N–H and O–H groups in total. The number of likely N-dealkylation sites (tertiary alicyclic amines) is 1. The summed E-state index contributed by atoms with van der Waals surface area (Å²) in [6, 6.07) is 4.63. The van der Waals surface area contributed by atoms with Crippen molar-refractivity contribution in [1.82, 2.24) is 9.62 Å². The van der Waals surface area contributed by atoms with Crippen molar-refractivity contribution in [3.63, 3.8) is 0 Å². The smallest absolute Gasteiger partial charge is 0.326 e. The molecule has 2 rings (SSSR count). The average Bonchev–Trinajstić information content (AvgIpc) is 2.96. The summed E-state index contributed by atoms with van der Waals surface area (Å²) in [6.45, 7) is 0.395. The molecular formula is C13H16N2O5S. The van der Waals surface area contributed by atoms with Gasteiger partial charge in [0.2, 0.25) is 10.0 Å². The number of carbonyl (C=O) groups is 2. The van der Waals surface area contributed by atoms with Crippen LogP contribution in [0.3, 0.4) is 0 Å². The first-order valence-electron chi connectivity index (χ1n) is 6.44. The van der Waals surface area contributed by atoms with E-state index in [2.05, 4.69) is 4.72 Å². The summed E-state index contributed by atoms with van der Waals surface area (Å²) in [6.07, 6.45) is 1.09. The van der Waals surface area contributed by atoms with Crippen molar-refractivity contribution in [3.05, 3.63) is 29.8 Å². The molecule has 0 aromatic heterocycles.